The van der Waals surface area contributed by atoms with E-state index < -0.39 is 11.7 Å². The summed E-state index contributed by atoms with van der Waals surface area (Å²) >= 11 is 0. The number of nitrogens with one attached hydrogen (secondary N) is 1. The lowest BCUT2D eigenvalue weighted by molar-refractivity contribution is 0.0520. The first-order valence-electron chi connectivity index (χ1n) is 5.14. The SMILES string of the molecule is Cn1ncc(C(=O)CNC(=O)OC(C)(C)C)n1. The normalized spacial score (nSPS) is 11.1. The number of amides is 1. The largest absolute Gasteiger partial charge is 0.444 e. The molecular formula is C10H16N4O3. The third-order valence-corrected chi connectivity index (χ3v) is 1.68. The monoisotopic (exact) mass is 240 g/mol. The summed E-state index contributed by atoms with van der Waals surface area (Å²) in [6.07, 6.45) is 0.716. The standard InChI is InChI=1S/C10H16N4O3/c1-10(2,3)17-9(16)11-6-8(15)7-5-12-14(4)13-7/h5H,6H2,1-4H3,(H,11,16). The molecule has 7 heteroatoms. The van der Waals surface area contributed by atoms with Gasteiger partial charge in [0.15, 0.2) is 5.69 Å². The Morgan fingerprint density at radius 2 is 2.12 bits per heavy atom. The number of hydrogen-bond donors (Lipinski definition) is 1. The topological polar surface area (TPSA) is 86.1 Å². The number of carbonyl (C=O) groups excluding carboxylic acids is 2. The molecule has 0 saturated carbocycles. The van der Waals surface area contributed by atoms with E-state index in [2.05, 4.69) is 15.5 Å². The Kier molecular flexibility index (Phi) is 3.82. The second-order valence-electron chi connectivity index (χ2n) is 4.50. The van der Waals surface area contributed by atoms with Crippen molar-refractivity contribution in [3.8, 4) is 0 Å². The number of aromatic nitrogens is 3. The van der Waals surface area contributed by atoms with E-state index in [9.17, 15) is 9.59 Å². The quantitative estimate of drug-likeness (QED) is 0.778. The summed E-state index contributed by atoms with van der Waals surface area (Å²) in [5.74, 6) is -0.316. The molecule has 94 valence electrons. The Labute approximate surface area is 99.1 Å². The Bertz CT molecular complexity index is 419. The average molecular weight is 240 g/mol. The fourth-order valence-corrected chi connectivity index (χ4v) is 1.03. The molecule has 0 saturated heterocycles. The van der Waals surface area contributed by atoms with Gasteiger partial charge in [0, 0.05) is 7.05 Å². The lowest BCUT2D eigenvalue weighted by atomic mass is 10.2. The fourth-order valence-electron chi connectivity index (χ4n) is 1.03. The minimum atomic E-state index is -0.630. The van der Waals surface area contributed by atoms with Gasteiger partial charge in [-0.05, 0) is 20.8 Å². The van der Waals surface area contributed by atoms with Crippen LogP contribution in [0.1, 0.15) is 31.3 Å². The number of aryl methyl sites for hydroxylation is 1. The van der Waals surface area contributed by atoms with Gasteiger partial charge in [0.1, 0.15) is 5.60 Å². The number of alkyl carbamates (subject to hydrolysis) is 1. The van der Waals surface area contributed by atoms with Crippen LogP contribution in [0.5, 0.6) is 0 Å². The van der Waals surface area contributed by atoms with Crippen molar-refractivity contribution >= 4 is 11.9 Å². The van der Waals surface area contributed by atoms with Gasteiger partial charge in [0.05, 0.1) is 12.7 Å². The van der Waals surface area contributed by atoms with Gasteiger partial charge in [-0.2, -0.15) is 15.0 Å². The first-order valence-corrected chi connectivity index (χ1v) is 5.14. The minimum absolute atomic E-state index is 0.159. The zero-order chi connectivity index (χ0) is 13.1. The van der Waals surface area contributed by atoms with E-state index in [1.165, 1.54) is 11.0 Å². The molecule has 0 atom stereocenters. The Morgan fingerprint density at radius 3 is 2.59 bits per heavy atom. The Hall–Kier alpha value is -1.92. The second kappa shape index (κ2) is 4.94. The molecule has 0 aliphatic heterocycles. The average Bonchev–Trinajstić information content (AvgIpc) is 2.58. The Morgan fingerprint density at radius 1 is 1.47 bits per heavy atom. The molecule has 7 nitrogen and oxygen atoms in total. The van der Waals surface area contributed by atoms with Gasteiger partial charge >= 0.3 is 6.09 Å². The molecule has 0 aromatic carbocycles. The van der Waals surface area contributed by atoms with E-state index in [4.69, 9.17) is 4.74 Å². The molecule has 0 fully saturated rings. The van der Waals surface area contributed by atoms with E-state index in [1.807, 2.05) is 0 Å². The Balaban J connectivity index is 2.41. The van der Waals surface area contributed by atoms with Gasteiger partial charge in [0.25, 0.3) is 0 Å². The summed E-state index contributed by atoms with van der Waals surface area (Å²) in [6.45, 7) is 5.08. The van der Waals surface area contributed by atoms with Crippen molar-refractivity contribution < 1.29 is 14.3 Å². The van der Waals surface area contributed by atoms with Crippen LogP contribution in [-0.4, -0.2) is 39.0 Å². The predicted molar refractivity (Wildman–Crippen MR) is 59.6 cm³/mol. The van der Waals surface area contributed by atoms with Gasteiger partial charge < -0.3 is 10.1 Å². The maximum absolute atomic E-state index is 11.5. The zero-order valence-corrected chi connectivity index (χ0v) is 10.4. The van der Waals surface area contributed by atoms with Gasteiger partial charge in [-0.1, -0.05) is 0 Å². The molecule has 1 heterocycles. The fraction of sp³-hybridized carbons (Fsp3) is 0.600. The van der Waals surface area contributed by atoms with Crippen LogP contribution >= 0.6 is 0 Å². The van der Waals surface area contributed by atoms with Gasteiger partial charge in [-0.3, -0.25) is 4.79 Å². The zero-order valence-electron chi connectivity index (χ0n) is 10.4. The van der Waals surface area contributed by atoms with E-state index in [0.29, 0.717) is 0 Å². The third kappa shape index (κ3) is 4.62. The van der Waals surface area contributed by atoms with Gasteiger partial charge in [-0.25, -0.2) is 4.79 Å². The van der Waals surface area contributed by atoms with Crippen LogP contribution in [0.4, 0.5) is 4.79 Å². The van der Waals surface area contributed by atoms with E-state index in [1.54, 1.807) is 27.8 Å². The molecule has 0 aliphatic rings. The highest BCUT2D eigenvalue weighted by Crippen LogP contribution is 2.06. The molecule has 0 spiro atoms. The first kappa shape index (κ1) is 13.1. The summed E-state index contributed by atoms with van der Waals surface area (Å²) in [5.41, 5.74) is -0.372. The minimum Gasteiger partial charge on any atom is -0.444 e. The van der Waals surface area contributed by atoms with Crippen molar-refractivity contribution in [1.82, 2.24) is 20.3 Å². The molecule has 0 unspecified atom stereocenters. The van der Waals surface area contributed by atoms with E-state index in [0.717, 1.165) is 0 Å². The van der Waals surface area contributed by atoms with Crippen LogP contribution in [0, 0.1) is 0 Å². The van der Waals surface area contributed by atoms with Gasteiger partial charge in [0.2, 0.25) is 5.78 Å². The molecule has 1 aromatic heterocycles. The number of rotatable bonds is 3. The smallest absolute Gasteiger partial charge is 0.408 e. The lowest BCUT2D eigenvalue weighted by Gasteiger charge is -2.19. The number of carbonyl (C=O) groups is 2. The van der Waals surface area contributed by atoms with Crippen LogP contribution < -0.4 is 5.32 Å². The van der Waals surface area contributed by atoms with Crippen LogP contribution in [0.15, 0.2) is 6.20 Å². The van der Waals surface area contributed by atoms with Crippen LogP contribution in [0.2, 0.25) is 0 Å². The number of hydrogen-bond acceptors (Lipinski definition) is 5. The van der Waals surface area contributed by atoms with Crippen molar-refractivity contribution in [3.05, 3.63) is 11.9 Å². The van der Waals surface area contributed by atoms with Gasteiger partial charge in [-0.15, -0.1) is 0 Å². The van der Waals surface area contributed by atoms with Crippen molar-refractivity contribution in [2.24, 2.45) is 7.05 Å². The number of nitrogens with zero attached hydrogens (tertiary/aromatic N) is 3. The van der Waals surface area contributed by atoms with Crippen molar-refractivity contribution in [2.75, 3.05) is 6.54 Å². The number of ketones is 1. The summed E-state index contributed by atoms with van der Waals surface area (Å²) in [4.78, 5) is 24.1. The molecule has 17 heavy (non-hydrogen) atoms. The number of ether oxygens (including phenoxy) is 1. The van der Waals surface area contributed by atoms with E-state index in [-0.39, 0.29) is 18.0 Å². The lowest BCUT2D eigenvalue weighted by Crippen LogP contribution is -2.35. The van der Waals surface area contributed by atoms with Crippen molar-refractivity contribution in [1.29, 1.82) is 0 Å². The molecule has 1 aromatic rings. The van der Waals surface area contributed by atoms with Crippen LogP contribution in [-0.2, 0) is 11.8 Å². The molecule has 0 bridgehead atoms. The first-order chi connectivity index (χ1) is 7.78. The summed E-state index contributed by atoms with van der Waals surface area (Å²) in [5, 5.41) is 9.95. The molecule has 1 N–H and O–H groups in total. The van der Waals surface area contributed by atoms with Crippen molar-refractivity contribution in [2.45, 2.75) is 26.4 Å². The highest BCUT2D eigenvalue weighted by atomic mass is 16.6. The second-order valence-corrected chi connectivity index (χ2v) is 4.50. The maximum Gasteiger partial charge on any atom is 0.408 e. The summed E-state index contributed by atoms with van der Waals surface area (Å²) < 4.78 is 4.99. The molecule has 1 amide bonds. The molecule has 0 radical (unpaired) electrons. The van der Waals surface area contributed by atoms with Crippen molar-refractivity contribution in [3.63, 3.8) is 0 Å². The molecule has 1 rings (SSSR count). The maximum atomic E-state index is 11.5. The van der Waals surface area contributed by atoms with E-state index >= 15 is 0 Å². The summed E-state index contributed by atoms with van der Waals surface area (Å²) in [6, 6.07) is 0. The van der Waals surface area contributed by atoms with Crippen LogP contribution in [0.25, 0.3) is 0 Å². The number of Topliss-reactive ketones (excluding diaryl/α,β-unsaturated/α-hetero) is 1. The predicted octanol–water partition coefficient (Wildman–Crippen LogP) is 0.522. The highest BCUT2D eigenvalue weighted by Gasteiger charge is 2.17. The highest BCUT2D eigenvalue weighted by molar-refractivity contribution is 5.96. The molecule has 0 aliphatic carbocycles. The molecular weight excluding hydrogens is 224 g/mol. The third-order valence-electron chi connectivity index (χ3n) is 1.68. The summed E-state index contributed by atoms with van der Waals surface area (Å²) in [7, 11) is 1.61. The van der Waals surface area contributed by atoms with Crippen LogP contribution in [0.3, 0.4) is 0 Å².